The molecule has 4 unspecified atom stereocenters. The Morgan fingerprint density at radius 3 is 2.53 bits per heavy atom. The highest BCUT2D eigenvalue weighted by molar-refractivity contribution is 14.0. The van der Waals surface area contributed by atoms with Crippen LogP contribution in [-0.4, -0.2) is 70.0 Å². The van der Waals surface area contributed by atoms with Crippen LogP contribution in [0.25, 0.3) is 0 Å². The van der Waals surface area contributed by atoms with Gasteiger partial charge in [0, 0.05) is 54.0 Å². The van der Waals surface area contributed by atoms with E-state index in [9.17, 15) is 9.00 Å². The predicted molar refractivity (Wildman–Crippen MR) is 137 cm³/mol. The third-order valence-electron chi connectivity index (χ3n) is 5.13. The van der Waals surface area contributed by atoms with E-state index in [2.05, 4.69) is 10.6 Å². The second-order valence-corrected chi connectivity index (χ2v) is 10.8. The highest BCUT2D eigenvalue weighted by Gasteiger charge is 2.26. The molecule has 0 aromatic rings. The maximum Gasteiger partial charge on any atom is 0.410 e. The number of aliphatic imine (C=N–C) groups is 1. The zero-order chi connectivity index (χ0) is 22.0. The minimum atomic E-state index is -0.731. The Morgan fingerprint density at radius 2 is 1.97 bits per heavy atom. The Kier molecular flexibility index (Phi) is 14.2. The fraction of sp³-hybridized carbons (Fsp3) is 0.905. The van der Waals surface area contributed by atoms with Crippen molar-refractivity contribution in [1.82, 2.24) is 15.5 Å². The highest BCUT2D eigenvalue weighted by Crippen LogP contribution is 2.23. The molecule has 1 fully saturated rings. The number of halogens is 1. The minimum absolute atomic E-state index is 0. The van der Waals surface area contributed by atoms with Gasteiger partial charge in [-0.2, -0.15) is 0 Å². The van der Waals surface area contributed by atoms with Crippen LogP contribution in [0, 0.1) is 0 Å². The quantitative estimate of drug-likeness (QED) is 0.269. The Morgan fingerprint density at radius 1 is 1.30 bits per heavy atom. The molecule has 9 heteroatoms. The van der Waals surface area contributed by atoms with Gasteiger partial charge < -0.3 is 20.3 Å². The first-order valence-electron chi connectivity index (χ1n) is 10.9. The summed E-state index contributed by atoms with van der Waals surface area (Å²) in [5.74, 6) is 1.53. The molecule has 4 atom stereocenters. The van der Waals surface area contributed by atoms with E-state index in [1.54, 1.807) is 11.9 Å². The number of carbonyl (C=O) groups is 1. The van der Waals surface area contributed by atoms with E-state index in [-0.39, 0.29) is 41.4 Å². The van der Waals surface area contributed by atoms with Gasteiger partial charge in [-0.05, 0) is 60.3 Å². The van der Waals surface area contributed by atoms with Crippen LogP contribution in [0.15, 0.2) is 4.99 Å². The third-order valence-corrected chi connectivity index (χ3v) is 6.87. The van der Waals surface area contributed by atoms with Crippen molar-refractivity contribution in [2.75, 3.05) is 25.9 Å². The van der Waals surface area contributed by atoms with Gasteiger partial charge in [0.15, 0.2) is 5.96 Å². The molecule has 1 rings (SSSR count). The highest BCUT2D eigenvalue weighted by atomic mass is 127. The van der Waals surface area contributed by atoms with Crippen molar-refractivity contribution in [2.45, 2.75) is 96.6 Å². The van der Waals surface area contributed by atoms with E-state index < -0.39 is 16.4 Å². The molecule has 1 aliphatic carbocycles. The summed E-state index contributed by atoms with van der Waals surface area (Å²) >= 11 is 0. The Hall–Kier alpha value is -0.580. The van der Waals surface area contributed by atoms with Gasteiger partial charge in [-0.15, -0.1) is 24.0 Å². The molecule has 178 valence electrons. The second-order valence-electron chi connectivity index (χ2n) is 8.79. The first-order chi connectivity index (χ1) is 13.6. The van der Waals surface area contributed by atoms with Crippen LogP contribution in [-0.2, 0) is 15.5 Å². The molecule has 0 heterocycles. The maximum atomic E-state index is 12.2. The van der Waals surface area contributed by atoms with Crippen LogP contribution < -0.4 is 10.6 Å². The first-order valence-corrected chi connectivity index (χ1v) is 12.3. The van der Waals surface area contributed by atoms with Crippen molar-refractivity contribution < 1.29 is 13.7 Å². The SMILES string of the molecule is CCNC(=NCCC(C)N(C)C(=O)OC(C)(C)C)NC1CCCC(S(=O)CC)C1.I. The van der Waals surface area contributed by atoms with Gasteiger partial charge in [-0.3, -0.25) is 9.20 Å². The normalized spacial score (nSPS) is 21.8. The summed E-state index contributed by atoms with van der Waals surface area (Å²) in [5, 5.41) is 7.11. The summed E-state index contributed by atoms with van der Waals surface area (Å²) in [5.41, 5.74) is -0.495. The zero-order valence-electron chi connectivity index (χ0n) is 19.8. The third kappa shape index (κ3) is 11.2. The van der Waals surface area contributed by atoms with Crippen LogP contribution in [0.4, 0.5) is 4.79 Å². The van der Waals surface area contributed by atoms with Crippen LogP contribution in [0.5, 0.6) is 0 Å². The molecule has 1 amide bonds. The number of carbonyl (C=O) groups excluding carboxylic acids is 1. The van der Waals surface area contributed by atoms with E-state index in [4.69, 9.17) is 9.73 Å². The smallest absolute Gasteiger partial charge is 0.410 e. The van der Waals surface area contributed by atoms with E-state index in [0.717, 1.165) is 50.4 Å². The number of ether oxygens (including phenoxy) is 1. The van der Waals surface area contributed by atoms with Gasteiger partial charge >= 0.3 is 6.09 Å². The summed E-state index contributed by atoms with van der Waals surface area (Å²) < 4.78 is 17.6. The Balaban J connectivity index is 0.00000841. The molecular formula is C21H43IN4O3S. The standard InChI is InChI=1S/C21H42N4O3S.HI/c1-8-22-19(24-17-11-10-12-18(15-17)29(27)9-2)23-14-13-16(3)25(7)20(26)28-21(4,5)6;/h16-18H,8-15H2,1-7H3,(H2,22,23,24);1H. The van der Waals surface area contributed by atoms with Gasteiger partial charge in [0.1, 0.15) is 5.60 Å². The van der Waals surface area contributed by atoms with Crippen molar-refractivity contribution in [3.05, 3.63) is 0 Å². The lowest BCUT2D eigenvalue weighted by molar-refractivity contribution is 0.0231. The van der Waals surface area contributed by atoms with Gasteiger partial charge in [0.2, 0.25) is 0 Å². The lowest BCUT2D eigenvalue weighted by Crippen LogP contribution is -2.46. The van der Waals surface area contributed by atoms with Gasteiger partial charge in [-0.25, -0.2) is 4.79 Å². The topological polar surface area (TPSA) is 83.0 Å². The van der Waals surface area contributed by atoms with Crippen molar-refractivity contribution >= 4 is 46.8 Å². The Bertz CT molecular complexity index is 569. The molecule has 1 saturated carbocycles. The number of rotatable bonds is 8. The summed E-state index contributed by atoms with van der Waals surface area (Å²) in [6.45, 7) is 13.1. The predicted octanol–water partition coefficient (Wildman–Crippen LogP) is 3.88. The zero-order valence-corrected chi connectivity index (χ0v) is 23.0. The van der Waals surface area contributed by atoms with Crippen molar-refractivity contribution in [3.8, 4) is 0 Å². The van der Waals surface area contributed by atoms with Crippen molar-refractivity contribution in [3.63, 3.8) is 0 Å². The van der Waals surface area contributed by atoms with Gasteiger partial charge in [0.25, 0.3) is 0 Å². The first kappa shape index (κ1) is 29.4. The molecule has 0 aromatic heterocycles. The second kappa shape index (κ2) is 14.5. The molecule has 0 spiro atoms. The number of nitrogens with zero attached hydrogens (tertiary/aromatic N) is 2. The molecule has 7 nitrogen and oxygen atoms in total. The molecule has 0 aliphatic heterocycles. The number of guanidine groups is 1. The molecule has 2 N–H and O–H groups in total. The molecule has 30 heavy (non-hydrogen) atoms. The van der Waals surface area contributed by atoms with Crippen LogP contribution in [0.3, 0.4) is 0 Å². The molecular weight excluding hydrogens is 515 g/mol. The van der Waals surface area contributed by atoms with Crippen molar-refractivity contribution in [2.24, 2.45) is 4.99 Å². The molecule has 0 radical (unpaired) electrons. The molecule has 0 saturated heterocycles. The molecule has 0 bridgehead atoms. The molecule has 0 aromatic carbocycles. The average molecular weight is 559 g/mol. The summed E-state index contributed by atoms with van der Waals surface area (Å²) in [4.78, 5) is 18.5. The monoisotopic (exact) mass is 558 g/mol. The lowest BCUT2D eigenvalue weighted by atomic mass is 9.95. The van der Waals surface area contributed by atoms with Crippen molar-refractivity contribution in [1.29, 1.82) is 0 Å². The van der Waals surface area contributed by atoms with Crippen LogP contribution >= 0.6 is 24.0 Å². The van der Waals surface area contributed by atoms with E-state index in [1.807, 2.05) is 41.5 Å². The van der Waals surface area contributed by atoms with E-state index in [1.165, 1.54) is 0 Å². The van der Waals surface area contributed by atoms with Gasteiger partial charge in [-0.1, -0.05) is 13.3 Å². The number of nitrogens with one attached hydrogen (secondary N) is 2. The van der Waals surface area contributed by atoms with Gasteiger partial charge in [0.05, 0.1) is 0 Å². The largest absolute Gasteiger partial charge is 0.444 e. The minimum Gasteiger partial charge on any atom is -0.444 e. The lowest BCUT2D eigenvalue weighted by Gasteiger charge is -2.30. The molecule has 1 aliphatic rings. The summed E-state index contributed by atoms with van der Waals surface area (Å²) in [6.07, 6.45) is 4.62. The number of hydrogen-bond donors (Lipinski definition) is 2. The fourth-order valence-electron chi connectivity index (χ4n) is 3.33. The van der Waals surface area contributed by atoms with Crippen LogP contribution in [0.1, 0.15) is 73.6 Å². The summed E-state index contributed by atoms with van der Waals surface area (Å²) in [7, 11) is 1.03. The fourth-order valence-corrected chi connectivity index (χ4v) is 4.68. The van der Waals surface area contributed by atoms with E-state index >= 15 is 0 Å². The average Bonchev–Trinajstić information content (AvgIpc) is 2.65. The Labute approximate surface area is 203 Å². The number of hydrogen-bond acceptors (Lipinski definition) is 4. The maximum absolute atomic E-state index is 12.2. The van der Waals surface area contributed by atoms with Crippen LogP contribution in [0.2, 0.25) is 0 Å². The summed E-state index contributed by atoms with van der Waals surface area (Å²) in [6, 6.07) is 0.339. The van der Waals surface area contributed by atoms with E-state index in [0.29, 0.717) is 12.6 Å². The number of amides is 1.